The third kappa shape index (κ3) is 4.33. The molecule has 0 aliphatic carbocycles. The molecule has 1 heterocycles. The first-order valence-electron chi connectivity index (χ1n) is 8.74. The highest BCUT2D eigenvalue weighted by atomic mass is 32.2. The van der Waals surface area contributed by atoms with Crippen LogP contribution < -0.4 is 4.80 Å². The molecule has 3 aromatic rings. The maximum absolute atomic E-state index is 14.3. The first-order valence-corrected chi connectivity index (χ1v) is 11.0. The molecule has 0 aliphatic rings. The second kappa shape index (κ2) is 8.72. The van der Waals surface area contributed by atoms with Crippen LogP contribution in [0.15, 0.2) is 46.3 Å². The van der Waals surface area contributed by atoms with Crippen molar-refractivity contribution >= 4 is 37.5 Å². The summed E-state index contributed by atoms with van der Waals surface area (Å²) >= 11 is 0.974. The molecule has 0 bridgehead atoms. The molecule has 30 heavy (non-hydrogen) atoms. The summed E-state index contributed by atoms with van der Waals surface area (Å²) in [5.41, 5.74) is 0.299. The van der Waals surface area contributed by atoms with E-state index in [1.807, 2.05) is 0 Å². The fraction of sp³-hybridized carbons (Fsp3) is 0.263. The van der Waals surface area contributed by atoms with Crippen LogP contribution >= 0.6 is 11.3 Å². The van der Waals surface area contributed by atoms with Crippen molar-refractivity contribution < 1.29 is 26.7 Å². The number of rotatable bonds is 6. The second-order valence-electron chi connectivity index (χ2n) is 6.49. The molecule has 3 rings (SSSR count). The molecular formula is C19H19F2N3O4S2. The number of amides is 1. The number of nitrogens with zero attached hydrogens (tertiary/aromatic N) is 3. The van der Waals surface area contributed by atoms with E-state index in [9.17, 15) is 22.0 Å². The molecular weight excluding hydrogens is 436 g/mol. The van der Waals surface area contributed by atoms with Crippen molar-refractivity contribution in [3.8, 4) is 0 Å². The van der Waals surface area contributed by atoms with Gasteiger partial charge in [0.25, 0.3) is 5.91 Å². The highest BCUT2D eigenvalue weighted by Gasteiger charge is 2.18. The van der Waals surface area contributed by atoms with Gasteiger partial charge in [-0.3, -0.25) is 4.79 Å². The van der Waals surface area contributed by atoms with Gasteiger partial charge < -0.3 is 9.30 Å². The molecule has 0 spiro atoms. The van der Waals surface area contributed by atoms with Crippen LogP contribution in [0.5, 0.6) is 0 Å². The Balaban J connectivity index is 2.06. The number of carbonyl (C=O) groups excluding carboxylic acids is 1. The number of halogens is 2. The fourth-order valence-electron chi connectivity index (χ4n) is 2.74. The van der Waals surface area contributed by atoms with Crippen molar-refractivity contribution in [2.24, 2.45) is 4.99 Å². The van der Waals surface area contributed by atoms with Gasteiger partial charge in [-0.25, -0.2) is 21.5 Å². The average molecular weight is 456 g/mol. The molecule has 11 heteroatoms. The van der Waals surface area contributed by atoms with E-state index in [4.69, 9.17) is 4.74 Å². The molecule has 0 saturated carbocycles. The van der Waals surface area contributed by atoms with Gasteiger partial charge in [-0.1, -0.05) is 11.3 Å². The van der Waals surface area contributed by atoms with Gasteiger partial charge in [-0.15, -0.1) is 0 Å². The van der Waals surface area contributed by atoms with Crippen LogP contribution in [0.4, 0.5) is 8.78 Å². The van der Waals surface area contributed by atoms with E-state index >= 15 is 0 Å². The predicted molar refractivity (Wildman–Crippen MR) is 109 cm³/mol. The monoisotopic (exact) mass is 455 g/mol. The summed E-state index contributed by atoms with van der Waals surface area (Å²) in [4.78, 5) is 16.9. The lowest BCUT2D eigenvalue weighted by molar-refractivity contribution is 0.0997. The van der Waals surface area contributed by atoms with Crippen molar-refractivity contribution in [2.45, 2.75) is 11.4 Å². The number of ether oxygens (including phenoxy) is 1. The van der Waals surface area contributed by atoms with Crippen molar-refractivity contribution in [2.75, 3.05) is 27.8 Å². The second-order valence-corrected chi connectivity index (χ2v) is 9.65. The Morgan fingerprint density at radius 3 is 2.47 bits per heavy atom. The molecule has 160 valence electrons. The van der Waals surface area contributed by atoms with Gasteiger partial charge >= 0.3 is 0 Å². The lowest BCUT2D eigenvalue weighted by Crippen LogP contribution is -2.22. The molecule has 0 aliphatic heterocycles. The number of aromatic nitrogens is 1. The highest BCUT2D eigenvalue weighted by Crippen LogP contribution is 2.22. The van der Waals surface area contributed by atoms with Gasteiger partial charge in [0.15, 0.2) is 10.6 Å². The Morgan fingerprint density at radius 1 is 1.20 bits per heavy atom. The van der Waals surface area contributed by atoms with E-state index in [2.05, 4.69) is 4.99 Å². The lowest BCUT2D eigenvalue weighted by atomic mass is 10.2. The minimum absolute atomic E-state index is 0.0404. The molecule has 0 unspecified atom stereocenters. The van der Waals surface area contributed by atoms with E-state index in [-0.39, 0.29) is 33.9 Å². The van der Waals surface area contributed by atoms with Crippen LogP contribution in [-0.4, -0.2) is 51.0 Å². The van der Waals surface area contributed by atoms with E-state index < -0.39 is 27.6 Å². The first-order chi connectivity index (χ1) is 14.1. The van der Waals surface area contributed by atoms with Crippen LogP contribution in [0.25, 0.3) is 10.2 Å². The number of fused-ring (bicyclic) bond motifs is 1. The molecule has 0 fully saturated rings. The highest BCUT2D eigenvalue weighted by molar-refractivity contribution is 7.89. The summed E-state index contributed by atoms with van der Waals surface area (Å²) in [6, 6.07) is 7.29. The van der Waals surface area contributed by atoms with Crippen LogP contribution in [0, 0.1) is 11.6 Å². The van der Waals surface area contributed by atoms with Gasteiger partial charge in [0.1, 0.15) is 5.82 Å². The van der Waals surface area contributed by atoms with Crippen LogP contribution in [0.2, 0.25) is 0 Å². The topological polar surface area (TPSA) is 81.0 Å². The van der Waals surface area contributed by atoms with Crippen molar-refractivity contribution in [3.63, 3.8) is 0 Å². The van der Waals surface area contributed by atoms with Gasteiger partial charge in [-0.2, -0.15) is 4.99 Å². The Bertz CT molecular complexity index is 1260. The normalized spacial score (nSPS) is 12.8. The minimum atomic E-state index is -3.62. The number of benzene rings is 2. The van der Waals surface area contributed by atoms with E-state index in [1.165, 1.54) is 56.1 Å². The van der Waals surface area contributed by atoms with Crippen LogP contribution in [0.1, 0.15) is 10.4 Å². The Hall–Kier alpha value is -2.47. The Morgan fingerprint density at radius 2 is 1.87 bits per heavy atom. The lowest BCUT2D eigenvalue weighted by Gasteiger charge is -2.11. The van der Waals surface area contributed by atoms with Crippen molar-refractivity contribution in [1.82, 2.24) is 8.87 Å². The summed E-state index contributed by atoms with van der Waals surface area (Å²) in [5.74, 6) is -2.12. The van der Waals surface area contributed by atoms with Crippen molar-refractivity contribution in [3.05, 3.63) is 58.4 Å². The zero-order valence-electron chi connectivity index (χ0n) is 16.4. The maximum Gasteiger partial charge on any atom is 0.279 e. The summed E-state index contributed by atoms with van der Waals surface area (Å²) in [6.07, 6.45) is 0. The fourth-order valence-corrected chi connectivity index (χ4v) is 4.73. The molecule has 1 aromatic heterocycles. The van der Waals surface area contributed by atoms with E-state index in [1.54, 1.807) is 0 Å². The third-order valence-corrected chi connectivity index (χ3v) is 7.15. The minimum Gasteiger partial charge on any atom is -0.383 e. The number of hydrogen-bond acceptors (Lipinski definition) is 5. The van der Waals surface area contributed by atoms with Crippen molar-refractivity contribution in [1.29, 1.82) is 0 Å². The molecule has 0 saturated heterocycles. The molecule has 0 radical (unpaired) electrons. The van der Waals surface area contributed by atoms with Gasteiger partial charge in [0, 0.05) is 39.4 Å². The Kier molecular flexibility index (Phi) is 6.46. The standard InChI is InChI=1S/C19H19F2N3O4S2/c1-23(2)30(26,27)14-6-4-12(5-7-14)18(25)22-19-24(8-9-28-3)17-15(21)10-13(20)11-16(17)29-19/h4-7,10-11H,8-9H2,1-3H3. The van der Waals surface area contributed by atoms with Gasteiger partial charge in [0.2, 0.25) is 10.0 Å². The first kappa shape index (κ1) is 22.2. The van der Waals surface area contributed by atoms with E-state index in [0.29, 0.717) is 4.70 Å². The summed E-state index contributed by atoms with van der Waals surface area (Å²) in [6.45, 7) is 0.451. The quantitative estimate of drug-likeness (QED) is 0.572. The number of carbonyl (C=O) groups is 1. The SMILES string of the molecule is COCCn1c(=NC(=O)c2ccc(S(=O)(=O)N(C)C)cc2)sc2cc(F)cc(F)c21. The van der Waals surface area contributed by atoms with Gasteiger partial charge in [-0.05, 0) is 30.3 Å². The zero-order valence-corrected chi connectivity index (χ0v) is 18.1. The summed E-state index contributed by atoms with van der Waals surface area (Å²) < 4.78 is 60.1. The molecule has 1 amide bonds. The molecule has 7 nitrogen and oxygen atoms in total. The van der Waals surface area contributed by atoms with E-state index in [0.717, 1.165) is 21.7 Å². The zero-order chi connectivity index (χ0) is 22.1. The maximum atomic E-state index is 14.3. The smallest absolute Gasteiger partial charge is 0.279 e. The molecule has 0 atom stereocenters. The number of sulfonamides is 1. The number of thiazole rings is 1. The Labute approximate surface area is 175 Å². The summed E-state index contributed by atoms with van der Waals surface area (Å²) in [5, 5.41) is 0. The molecule has 2 aromatic carbocycles. The van der Waals surface area contributed by atoms with Gasteiger partial charge in [0.05, 0.1) is 21.7 Å². The average Bonchev–Trinajstić information content (AvgIpc) is 3.03. The molecule has 0 N–H and O–H groups in total. The van der Waals surface area contributed by atoms with Crippen LogP contribution in [0.3, 0.4) is 0 Å². The third-order valence-electron chi connectivity index (χ3n) is 4.29. The largest absolute Gasteiger partial charge is 0.383 e. The number of methoxy groups -OCH3 is 1. The number of hydrogen-bond donors (Lipinski definition) is 0. The van der Waals surface area contributed by atoms with Crippen LogP contribution in [-0.2, 0) is 21.3 Å². The predicted octanol–water partition coefficient (Wildman–Crippen LogP) is 2.62. The summed E-state index contributed by atoms with van der Waals surface area (Å²) in [7, 11) is 0.677.